The van der Waals surface area contributed by atoms with Crippen LogP contribution in [-0.2, 0) is 6.42 Å². The molecule has 1 aliphatic heterocycles. The minimum Gasteiger partial charge on any atom is -0.508 e. The smallest absolute Gasteiger partial charge is 0.115 e. The van der Waals surface area contributed by atoms with Crippen LogP contribution in [0, 0.1) is 5.92 Å². The van der Waals surface area contributed by atoms with Crippen LogP contribution in [0.4, 0.5) is 0 Å². The van der Waals surface area contributed by atoms with Gasteiger partial charge in [-0.1, -0.05) is 6.07 Å². The van der Waals surface area contributed by atoms with Crippen molar-refractivity contribution in [3.05, 3.63) is 29.3 Å². The lowest BCUT2D eigenvalue weighted by atomic mass is 10.0. The molecule has 19 heavy (non-hydrogen) atoms. The molecule has 3 rings (SSSR count). The van der Waals surface area contributed by atoms with Crippen LogP contribution >= 0.6 is 0 Å². The van der Waals surface area contributed by atoms with Crippen LogP contribution in [0.1, 0.15) is 30.0 Å². The Bertz CT molecular complexity index is 460. The third-order valence-corrected chi connectivity index (χ3v) is 4.74. The fraction of sp³-hybridized carbons (Fsp3) is 0.625. The lowest BCUT2D eigenvalue weighted by Gasteiger charge is -2.28. The fourth-order valence-corrected chi connectivity index (χ4v) is 3.75. The van der Waals surface area contributed by atoms with Gasteiger partial charge in [-0.25, -0.2) is 0 Å². The largest absolute Gasteiger partial charge is 0.508 e. The highest BCUT2D eigenvalue weighted by Gasteiger charge is 2.29. The highest BCUT2D eigenvalue weighted by molar-refractivity contribution is 5.40. The van der Waals surface area contributed by atoms with Crippen molar-refractivity contribution in [3.8, 4) is 5.75 Å². The second-order valence-corrected chi connectivity index (χ2v) is 6.29. The van der Waals surface area contributed by atoms with Gasteiger partial charge in [-0.2, -0.15) is 0 Å². The van der Waals surface area contributed by atoms with Crippen molar-refractivity contribution in [1.82, 2.24) is 9.80 Å². The summed E-state index contributed by atoms with van der Waals surface area (Å²) in [5, 5.41) is 9.56. The molecule has 2 atom stereocenters. The predicted molar refractivity (Wildman–Crippen MR) is 77.4 cm³/mol. The van der Waals surface area contributed by atoms with E-state index in [0.29, 0.717) is 11.8 Å². The second-order valence-electron chi connectivity index (χ2n) is 6.29. The summed E-state index contributed by atoms with van der Waals surface area (Å²) < 4.78 is 0. The number of aromatic hydroxyl groups is 1. The zero-order valence-corrected chi connectivity index (χ0v) is 12.0. The van der Waals surface area contributed by atoms with Crippen LogP contribution in [0.25, 0.3) is 0 Å². The first kappa shape index (κ1) is 12.9. The third-order valence-electron chi connectivity index (χ3n) is 4.74. The van der Waals surface area contributed by atoms with E-state index < -0.39 is 0 Å². The molecule has 0 radical (unpaired) electrons. The Balaban J connectivity index is 1.67. The summed E-state index contributed by atoms with van der Waals surface area (Å²) in [6, 6.07) is 6.42. The standard InChI is InChI=1S/C16H24N2O/c1-17-8-7-12(10-17)11-18(2)16-6-3-13-9-14(19)4-5-15(13)16/h4-5,9,12,16,19H,3,6-8,10-11H2,1-2H3. The van der Waals surface area contributed by atoms with E-state index in [1.54, 1.807) is 0 Å². The number of hydrogen-bond donors (Lipinski definition) is 1. The van der Waals surface area contributed by atoms with Crippen LogP contribution in [-0.4, -0.2) is 48.6 Å². The van der Waals surface area contributed by atoms with E-state index in [1.165, 1.54) is 43.6 Å². The molecule has 0 bridgehead atoms. The number of rotatable bonds is 3. The second kappa shape index (κ2) is 5.14. The van der Waals surface area contributed by atoms with Gasteiger partial charge in [0.15, 0.2) is 0 Å². The van der Waals surface area contributed by atoms with E-state index >= 15 is 0 Å². The topological polar surface area (TPSA) is 26.7 Å². The number of phenols is 1. The Hall–Kier alpha value is -1.06. The van der Waals surface area contributed by atoms with Gasteiger partial charge in [0.25, 0.3) is 0 Å². The Labute approximate surface area is 115 Å². The van der Waals surface area contributed by atoms with Crippen LogP contribution in [0.2, 0.25) is 0 Å². The number of hydrogen-bond acceptors (Lipinski definition) is 3. The molecule has 0 aromatic heterocycles. The lowest BCUT2D eigenvalue weighted by molar-refractivity contribution is 0.207. The molecular weight excluding hydrogens is 236 g/mol. The molecule has 0 amide bonds. The molecule has 2 unspecified atom stereocenters. The molecule has 3 heteroatoms. The maximum Gasteiger partial charge on any atom is 0.115 e. The van der Waals surface area contributed by atoms with Crippen molar-refractivity contribution < 1.29 is 5.11 Å². The molecule has 1 fully saturated rings. The number of likely N-dealkylation sites (tertiary alicyclic amines) is 1. The summed E-state index contributed by atoms with van der Waals surface area (Å²) in [6.45, 7) is 3.67. The maximum atomic E-state index is 9.56. The van der Waals surface area contributed by atoms with Gasteiger partial charge in [0.05, 0.1) is 0 Å². The minimum absolute atomic E-state index is 0.402. The highest BCUT2D eigenvalue weighted by atomic mass is 16.3. The van der Waals surface area contributed by atoms with Crippen molar-refractivity contribution >= 4 is 0 Å². The number of benzene rings is 1. The van der Waals surface area contributed by atoms with Crippen molar-refractivity contribution in [2.45, 2.75) is 25.3 Å². The molecule has 2 aliphatic rings. The summed E-state index contributed by atoms with van der Waals surface area (Å²) >= 11 is 0. The maximum absolute atomic E-state index is 9.56. The highest BCUT2D eigenvalue weighted by Crippen LogP contribution is 2.37. The first-order valence-electron chi connectivity index (χ1n) is 7.34. The van der Waals surface area contributed by atoms with Gasteiger partial charge in [0.2, 0.25) is 0 Å². The lowest BCUT2D eigenvalue weighted by Crippen LogP contribution is -2.30. The summed E-state index contributed by atoms with van der Waals surface area (Å²) in [5.74, 6) is 1.22. The van der Waals surface area contributed by atoms with E-state index in [-0.39, 0.29) is 0 Å². The Morgan fingerprint density at radius 3 is 2.95 bits per heavy atom. The molecule has 0 spiro atoms. The van der Waals surface area contributed by atoms with E-state index in [1.807, 2.05) is 12.1 Å². The molecule has 1 heterocycles. The molecule has 0 saturated carbocycles. The summed E-state index contributed by atoms with van der Waals surface area (Å²) in [4.78, 5) is 4.95. The molecule has 1 N–H and O–H groups in total. The van der Waals surface area contributed by atoms with Crippen LogP contribution < -0.4 is 0 Å². The first-order chi connectivity index (χ1) is 9.13. The quantitative estimate of drug-likeness (QED) is 0.903. The molecule has 1 aliphatic carbocycles. The van der Waals surface area contributed by atoms with Crippen molar-refractivity contribution in [2.24, 2.45) is 5.92 Å². The van der Waals surface area contributed by atoms with Gasteiger partial charge in [0.1, 0.15) is 5.75 Å². The zero-order chi connectivity index (χ0) is 13.4. The van der Waals surface area contributed by atoms with Gasteiger partial charge in [-0.05, 0) is 69.1 Å². The van der Waals surface area contributed by atoms with Gasteiger partial charge in [-0.3, -0.25) is 4.90 Å². The Morgan fingerprint density at radius 1 is 1.37 bits per heavy atom. The van der Waals surface area contributed by atoms with Gasteiger partial charge < -0.3 is 10.0 Å². The van der Waals surface area contributed by atoms with E-state index in [2.05, 4.69) is 30.0 Å². The number of nitrogens with zero attached hydrogens (tertiary/aromatic N) is 2. The number of fused-ring (bicyclic) bond motifs is 1. The average Bonchev–Trinajstić information content (AvgIpc) is 2.95. The van der Waals surface area contributed by atoms with E-state index in [0.717, 1.165) is 12.3 Å². The zero-order valence-electron chi connectivity index (χ0n) is 12.0. The Kier molecular flexibility index (Phi) is 3.50. The minimum atomic E-state index is 0.402. The van der Waals surface area contributed by atoms with Crippen molar-refractivity contribution in [3.63, 3.8) is 0 Å². The van der Waals surface area contributed by atoms with E-state index in [9.17, 15) is 5.11 Å². The first-order valence-corrected chi connectivity index (χ1v) is 7.34. The Morgan fingerprint density at radius 2 is 2.21 bits per heavy atom. The van der Waals surface area contributed by atoms with Crippen LogP contribution in [0.3, 0.4) is 0 Å². The number of aryl methyl sites for hydroxylation is 1. The average molecular weight is 260 g/mol. The van der Waals surface area contributed by atoms with Gasteiger partial charge in [-0.15, -0.1) is 0 Å². The van der Waals surface area contributed by atoms with Crippen molar-refractivity contribution in [2.75, 3.05) is 33.7 Å². The molecule has 3 nitrogen and oxygen atoms in total. The molecule has 104 valence electrons. The number of phenolic OH excluding ortho intramolecular Hbond substituents is 1. The van der Waals surface area contributed by atoms with Crippen LogP contribution in [0.5, 0.6) is 5.75 Å². The monoisotopic (exact) mass is 260 g/mol. The fourth-order valence-electron chi connectivity index (χ4n) is 3.75. The van der Waals surface area contributed by atoms with E-state index in [4.69, 9.17) is 0 Å². The molecule has 1 aromatic carbocycles. The predicted octanol–water partition coefficient (Wildman–Crippen LogP) is 2.26. The molecular formula is C16H24N2O. The summed E-state index contributed by atoms with van der Waals surface area (Å²) in [6.07, 6.45) is 3.62. The normalized spacial score (nSPS) is 27.1. The third kappa shape index (κ3) is 2.63. The van der Waals surface area contributed by atoms with Crippen LogP contribution in [0.15, 0.2) is 18.2 Å². The van der Waals surface area contributed by atoms with Crippen molar-refractivity contribution in [1.29, 1.82) is 0 Å². The molecule has 1 aromatic rings. The SMILES string of the molecule is CN1CCC(CN(C)C2CCc3cc(O)ccc32)C1. The van der Waals surface area contributed by atoms with Gasteiger partial charge >= 0.3 is 0 Å². The summed E-state index contributed by atoms with van der Waals surface area (Å²) in [7, 11) is 4.47. The van der Waals surface area contributed by atoms with Gasteiger partial charge in [0, 0.05) is 19.1 Å². The molecule has 1 saturated heterocycles. The summed E-state index contributed by atoms with van der Waals surface area (Å²) in [5.41, 5.74) is 2.76.